The molecule has 0 fully saturated rings. The molecule has 0 spiro atoms. The number of benzene rings is 2. The molecular formula is C15H16FNO2. The topological polar surface area (TPSA) is 44.5 Å². The van der Waals surface area contributed by atoms with Gasteiger partial charge in [0.1, 0.15) is 11.5 Å². The van der Waals surface area contributed by atoms with Gasteiger partial charge in [0.2, 0.25) is 0 Å². The van der Waals surface area contributed by atoms with Crippen molar-refractivity contribution in [2.45, 2.75) is 13.0 Å². The first kappa shape index (κ1) is 13.4. The Kier molecular flexibility index (Phi) is 4.02. The van der Waals surface area contributed by atoms with Gasteiger partial charge in [-0.1, -0.05) is 12.1 Å². The molecule has 0 aromatic heterocycles. The second-order valence-corrected chi connectivity index (χ2v) is 4.26. The van der Waals surface area contributed by atoms with E-state index in [4.69, 9.17) is 15.2 Å². The summed E-state index contributed by atoms with van der Waals surface area (Å²) in [6.45, 7) is 1.80. The number of ether oxygens (including phenoxy) is 2. The molecule has 100 valence electrons. The maximum atomic E-state index is 13.9. The van der Waals surface area contributed by atoms with E-state index < -0.39 is 5.82 Å². The molecule has 0 saturated carbocycles. The van der Waals surface area contributed by atoms with E-state index in [1.165, 1.54) is 6.07 Å². The Morgan fingerprint density at radius 1 is 1.11 bits per heavy atom. The van der Waals surface area contributed by atoms with Crippen LogP contribution in [-0.4, -0.2) is 7.11 Å². The van der Waals surface area contributed by atoms with E-state index in [0.717, 1.165) is 5.56 Å². The first-order valence-corrected chi connectivity index (χ1v) is 5.97. The largest absolute Gasteiger partial charge is 0.497 e. The number of nitrogens with two attached hydrogens (primary N) is 1. The fraction of sp³-hybridized carbons (Fsp3) is 0.200. The molecule has 19 heavy (non-hydrogen) atoms. The molecule has 1 atom stereocenters. The van der Waals surface area contributed by atoms with E-state index in [0.29, 0.717) is 11.5 Å². The number of halogens is 1. The third-order valence-electron chi connectivity index (χ3n) is 2.75. The summed E-state index contributed by atoms with van der Waals surface area (Å²) in [6.07, 6.45) is 0. The minimum Gasteiger partial charge on any atom is -0.497 e. The maximum absolute atomic E-state index is 13.9. The Balaban J connectivity index is 2.23. The molecule has 0 amide bonds. The van der Waals surface area contributed by atoms with Crippen molar-refractivity contribution in [2.24, 2.45) is 5.73 Å². The van der Waals surface area contributed by atoms with Crippen molar-refractivity contribution in [2.75, 3.05) is 7.11 Å². The van der Waals surface area contributed by atoms with E-state index in [1.54, 1.807) is 50.4 Å². The van der Waals surface area contributed by atoms with Crippen LogP contribution in [0.3, 0.4) is 0 Å². The molecule has 2 N–H and O–H groups in total. The van der Waals surface area contributed by atoms with Gasteiger partial charge in [-0.3, -0.25) is 0 Å². The maximum Gasteiger partial charge on any atom is 0.166 e. The van der Waals surface area contributed by atoms with Crippen LogP contribution in [0, 0.1) is 5.82 Å². The monoisotopic (exact) mass is 261 g/mol. The van der Waals surface area contributed by atoms with Gasteiger partial charge in [-0.05, 0) is 36.8 Å². The van der Waals surface area contributed by atoms with Crippen LogP contribution in [0.5, 0.6) is 17.2 Å². The highest BCUT2D eigenvalue weighted by Crippen LogP contribution is 2.28. The summed E-state index contributed by atoms with van der Waals surface area (Å²) in [5, 5.41) is 0. The van der Waals surface area contributed by atoms with Crippen LogP contribution in [0.25, 0.3) is 0 Å². The van der Waals surface area contributed by atoms with Crippen LogP contribution >= 0.6 is 0 Å². The van der Waals surface area contributed by atoms with Crippen LogP contribution in [-0.2, 0) is 0 Å². The van der Waals surface area contributed by atoms with Crippen molar-refractivity contribution in [3.05, 3.63) is 53.8 Å². The second-order valence-electron chi connectivity index (χ2n) is 4.26. The van der Waals surface area contributed by atoms with Crippen molar-refractivity contribution >= 4 is 0 Å². The Morgan fingerprint density at radius 2 is 1.84 bits per heavy atom. The summed E-state index contributed by atoms with van der Waals surface area (Å²) in [6, 6.07) is 11.5. The van der Waals surface area contributed by atoms with Crippen molar-refractivity contribution in [1.82, 2.24) is 0 Å². The molecule has 0 saturated heterocycles. The van der Waals surface area contributed by atoms with Crippen molar-refractivity contribution in [3.63, 3.8) is 0 Å². The van der Waals surface area contributed by atoms with Crippen molar-refractivity contribution in [1.29, 1.82) is 0 Å². The number of hydrogen-bond acceptors (Lipinski definition) is 3. The molecule has 0 bridgehead atoms. The standard InChI is InChI=1S/C15H16FNO2/c1-10(17)11-6-7-15(14(16)8-11)19-13-5-3-4-12(9-13)18-2/h3-10H,17H2,1-2H3. The Morgan fingerprint density at radius 3 is 2.47 bits per heavy atom. The second kappa shape index (κ2) is 5.71. The fourth-order valence-electron chi connectivity index (χ4n) is 1.67. The highest BCUT2D eigenvalue weighted by atomic mass is 19.1. The molecule has 0 aliphatic heterocycles. The highest BCUT2D eigenvalue weighted by Gasteiger charge is 2.08. The predicted octanol–water partition coefficient (Wildman–Crippen LogP) is 3.65. The summed E-state index contributed by atoms with van der Waals surface area (Å²) in [5.41, 5.74) is 6.43. The zero-order valence-electron chi connectivity index (χ0n) is 10.9. The summed E-state index contributed by atoms with van der Waals surface area (Å²) >= 11 is 0. The van der Waals surface area contributed by atoms with Gasteiger partial charge in [0.25, 0.3) is 0 Å². The van der Waals surface area contributed by atoms with Crippen molar-refractivity contribution < 1.29 is 13.9 Å². The molecule has 0 radical (unpaired) electrons. The predicted molar refractivity (Wildman–Crippen MR) is 72.1 cm³/mol. The summed E-state index contributed by atoms with van der Waals surface area (Å²) < 4.78 is 24.4. The Labute approximate surface area is 111 Å². The lowest BCUT2D eigenvalue weighted by molar-refractivity contribution is 0.405. The van der Waals surface area contributed by atoms with E-state index >= 15 is 0 Å². The molecule has 2 rings (SSSR count). The molecule has 2 aromatic carbocycles. The van der Waals surface area contributed by atoms with E-state index in [9.17, 15) is 4.39 Å². The van der Waals surface area contributed by atoms with Crippen LogP contribution in [0.1, 0.15) is 18.5 Å². The van der Waals surface area contributed by atoms with Crippen LogP contribution < -0.4 is 15.2 Å². The minimum atomic E-state index is -0.433. The molecule has 2 aromatic rings. The van der Waals surface area contributed by atoms with Crippen LogP contribution in [0.15, 0.2) is 42.5 Å². The Hall–Kier alpha value is -2.07. The first-order chi connectivity index (χ1) is 9.10. The summed E-state index contributed by atoms with van der Waals surface area (Å²) in [4.78, 5) is 0. The van der Waals surface area contributed by atoms with E-state index in [2.05, 4.69) is 0 Å². The third-order valence-corrected chi connectivity index (χ3v) is 2.75. The van der Waals surface area contributed by atoms with Crippen molar-refractivity contribution in [3.8, 4) is 17.2 Å². The number of rotatable bonds is 4. The van der Waals surface area contributed by atoms with Crippen LogP contribution in [0.2, 0.25) is 0 Å². The van der Waals surface area contributed by atoms with Gasteiger partial charge in [0.15, 0.2) is 11.6 Å². The molecule has 0 heterocycles. The lowest BCUT2D eigenvalue weighted by Gasteiger charge is -2.10. The average molecular weight is 261 g/mol. The zero-order chi connectivity index (χ0) is 13.8. The minimum absolute atomic E-state index is 0.164. The molecule has 4 heteroatoms. The van der Waals surface area contributed by atoms with Gasteiger partial charge in [-0.15, -0.1) is 0 Å². The summed E-state index contributed by atoms with van der Waals surface area (Å²) in [5.74, 6) is 0.909. The molecule has 0 aliphatic rings. The lowest BCUT2D eigenvalue weighted by Crippen LogP contribution is -2.05. The van der Waals surface area contributed by atoms with Gasteiger partial charge < -0.3 is 15.2 Å². The SMILES string of the molecule is COc1cccc(Oc2ccc(C(C)N)cc2F)c1. The average Bonchev–Trinajstić information content (AvgIpc) is 2.41. The van der Waals surface area contributed by atoms with Gasteiger partial charge in [0, 0.05) is 12.1 Å². The summed E-state index contributed by atoms with van der Waals surface area (Å²) in [7, 11) is 1.57. The van der Waals surface area contributed by atoms with Gasteiger partial charge >= 0.3 is 0 Å². The van der Waals surface area contributed by atoms with Crippen LogP contribution in [0.4, 0.5) is 4.39 Å². The third kappa shape index (κ3) is 3.23. The molecular weight excluding hydrogens is 245 g/mol. The van der Waals surface area contributed by atoms with E-state index in [1.807, 2.05) is 0 Å². The number of methoxy groups -OCH3 is 1. The normalized spacial score (nSPS) is 12.0. The molecule has 3 nitrogen and oxygen atoms in total. The quantitative estimate of drug-likeness (QED) is 0.913. The number of hydrogen-bond donors (Lipinski definition) is 1. The lowest BCUT2D eigenvalue weighted by atomic mass is 10.1. The van der Waals surface area contributed by atoms with E-state index in [-0.39, 0.29) is 11.8 Å². The fourth-order valence-corrected chi connectivity index (χ4v) is 1.67. The smallest absolute Gasteiger partial charge is 0.166 e. The first-order valence-electron chi connectivity index (χ1n) is 5.97. The molecule has 0 aliphatic carbocycles. The Bertz CT molecular complexity index is 570. The van der Waals surface area contributed by atoms with Gasteiger partial charge in [-0.25, -0.2) is 4.39 Å². The molecule has 1 unspecified atom stereocenters. The highest BCUT2D eigenvalue weighted by molar-refractivity contribution is 5.38. The van der Waals surface area contributed by atoms with Gasteiger partial charge in [-0.2, -0.15) is 0 Å². The van der Waals surface area contributed by atoms with Gasteiger partial charge in [0.05, 0.1) is 7.11 Å². The zero-order valence-corrected chi connectivity index (χ0v) is 10.9.